The lowest BCUT2D eigenvalue weighted by Gasteiger charge is -2.26. The summed E-state index contributed by atoms with van der Waals surface area (Å²) in [6, 6.07) is 108. The molecule has 19 aromatic rings. The first kappa shape index (κ1) is 56.3. The van der Waals surface area contributed by atoms with Gasteiger partial charge in [-0.25, -0.2) is 0 Å². The first-order chi connectivity index (χ1) is 69.8. The fourth-order valence-electron chi connectivity index (χ4n) is 13.0. The molecule has 0 unspecified atom stereocenters. The van der Waals surface area contributed by atoms with Crippen LogP contribution in [0.1, 0.15) is 32.9 Å². The monoisotopic (exact) mass is 1770 g/mol. The zero-order chi connectivity index (χ0) is 103. The van der Waals surface area contributed by atoms with Crippen LogP contribution in [0.3, 0.4) is 0 Å². The molecule has 0 aliphatic carbocycles. The molecule has 0 heterocycles. The molecule has 0 bridgehead atoms. The lowest BCUT2D eigenvalue weighted by atomic mass is 9.99. The van der Waals surface area contributed by atoms with Gasteiger partial charge in [-0.05, 0) is 259 Å². The number of halogens is 3. The van der Waals surface area contributed by atoms with Gasteiger partial charge in [0.2, 0.25) is 0 Å². The summed E-state index contributed by atoms with van der Waals surface area (Å²) in [6.07, 6.45) is 0. The largest absolute Gasteiger partial charge is 0.356 e. The summed E-state index contributed by atoms with van der Waals surface area (Å²) in [5, 5.41) is 3.38. The van der Waals surface area contributed by atoms with Crippen molar-refractivity contribution < 1.29 is 32.9 Å². The minimum absolute atomic E-state index is 0.0895. The molecule has 19 aromatic carbocycles. The van der Waals surface area contributed by atoms with Gasteiger partial charge in [0.15, 0.2) is 0 Å². The van der Waals surface area contributed by atoms with Gasteiger partial charge in [-0.2, -0.15) is 0 Å². The molecule has 0 aliphatic heterocycles. The van der Waals surface area contributed by atoms with E-state index in [2.05, 4.69) is 114 Å². The maximum absolute atomic E-state index is 9.26. The SMILES string of the molecule is [2H]c1c([2H])c(-c2ccc(-c3c([2H])c([2H])c(Br)c([2H])c3[2H])cc2)c([2H])c([2H])c1Br.[2H]c1c([2H])c(-c2ccc(-c3c([2H])c([2H])c(N(c4ccccc4)c4ccccc4)c([2H])c3[2H])cc2)c([2H])c([2H])c1Br.[2H]c1c([2H])c(N(c2ccccc2)c2ccccc2)c([2H])c([2H])c1-c1ccc(-c2c([2H])c([2H])c(N(c3ccccc3)c3ccc(-c4ccccc4)cc3)c([2H])c2[2H])cc1.c1ccc(Nc2ccc(-c3ccccc3)cc2)cc1. The molecule has 0 spiro atoms. The highest BCUT2D eigenvalue weighted by Crippen LogP contribution is 2.41. The number of nitrogens with one attached hydrogen (secondary N) is 1. The van der Waals surface area contributed by atoms with Crippen molar-refractivity contribution in [2.75, 3.05) is 20.0 Å². The van der Waals surface area contributed by atoms with Crippen molar-refractivity contribution in [1.29, 1.82) is 0 Å². The number of anilines is 11. The van der Waals surface area contributed by atoms with E-state index >= 15 is 0 Å². The smallest absolute Gasteiger partial charge is 0.0645 e. The zero-order valence-corrected chi connectivity index (χ0v) is 69.4. The molecular weight excluding hydrogens is 1660 g/mol. The van der Waals surface area contributed by atoms with Crippen molar-refractivity contribution in [2.45, 2.75) is 0 Å². The standard InChI is InChI=1S/C48H36N2.C30H22BrN.C18H12Br2.C18H15N/c1-5-13-37(14-6-1)40-25-31-47(32-26-40)50(45-19-11-4-12-20-45)48-35-29-42(30-36-48)39-23-21-38(22-24-39)41-27-33-46(34-28-41)49(43-15-7-2-8-16-43)44-17-9-3-10-18-44;31-27-19-15-25(16-20-27)23-11-13-24(14-12-23)26-17-21-30(22-18-26)32(28-7-3-1-4-8-28)29-9-5-2-6-10-29;19-17-9-5-15(6-10-17)13-1-2-14(4-3-13)16-7-11-18(20)12-8-16;1-3-7-15(8-4-1)16-11-13-18(14-12-16)19-17-9-5-2-6-10-17/h1-36H;1-22H;1-12H;1-14,19H/i27D,28D,29D,30D,33D,34D,35D,36D;15D,16D,17D,18D,19D,20D,21D,22D;5D,6D,7D,8D,9D,10D,11D,12D;. The van der Waals surface area contributed by atoms with Gasteiger partial charge >= 0.3 is 0 Å². The van der Waals surface area contributed by atoms with Crippen molar-refractivity contribution in [3.05, 3.63) is 522 Å². The number of nitrogens with zero attached hydrogens (tertiary/aromatic N) is 3. The Morgan fingerprint density at radius 2 is 0.298 bits per heavy atom. The van der Waals surface area contributed by atoms with Crippen LogP contribution < -0.4 is 20.0 Å². The van der Waals surface area contributed by atoms with Crippen LogP contribution in [0.15, 0.2) is 522 Å². The van der Waals surface area contributed by atoms with E-state index in [0.717, 1.165) is 22.5 Å². The van der Waals surface area contributed by atoms with Crippen LogP contribution in [-0.4, -0.2) is 0 Å². The summed E-state index contributed by atoms with van der Waals surface area (Å²) in [4.78, 5) is 5.17. The first-order valence-electron chi connectivity index (χ1n) is 50.5. The van der Waals surface area contributed by atoms with Gasteiger partial charge in [0.25, 0.3) is 0 Å². The van der Waals surface area contributed by atoms with Crippen LogP contribution >= 0.6 is 47.8 Å². The molecule has 4 nitrogen and oxygen atoms in total. The fourth-order valence-corrected chi connectivity index (χ4v) is 13.6. The number of hydrogen-bond donors (Lipinski definition) is 1. The molecule has 1 N–H and O–H groups in total. The van der Waals surface area contributed by atoms with E-state index in [4.69, 9.17) is 27.4 Å². The molecule has 0 fully saturated rings. The molecule has 0 saturated carbocycles. The number of hydrogen-bond acceptors (Lipinski definition) is 4. The van der Waals surface area contributed by atoms with Crippen LogP contribution in [0.2, 0.25) is 0 Å². The van der Waals surface area contributed by atoms with E-state index in [1.54, 1.807) is 87.5 Å². The van der Waals surface area contributed by atoms with E-state index in [1.807, 2.05) is 231 Å². The molecule has 0 saturated heterocycles. The Morgan fingerprint density at radius 1 is 0.140 bits per heavy atom. The van der Waals surface area contributed by atoms with Crippen molar-refractivity contribution in [2.24, 2.45) is 0 Å². The van der Waals surface area contributed by atoms with Gasteiger partial charge in [-0.15, -0.1) is 0 Å². The Labute approximate surface area is 770 Å². The van der Waals surface area contributed by atoms with E-state index in [9.17, 15) is 5.48 Å². The van der Waals surface area contributed by atoms with Crippen LogP contribution in [0.5, 0.6) is 0 Å². The maximum atomic E-state index is 9.26. The second-order valence-corrected chi connectivity index (χ2v) is 29.4. The lowest BCUT2D eigenvalue weighted by Crippen LogP contribution is -2.09. The molecule has 7 heteroatoms. The quantitative estimate of drug-likeness (QED) is 0.0871. The maximum Gasteiger partial charge on any atom is 0.0645 e. The van der Waals surface area contributed by atoms with Crippen molar-refractivity contribution in [3.63, 3.8) is 0 Å². The molecule has 0 aliphatic rings. The average Bonchev–Trinajstić information content (AvgIpc) is 0.744. The molecule has 0 atom stereocenters. The van der Waals surface area contributed by atoms with Crippen molar-refractivity contribution in [3.8, 4) is 89.0 Å². The van der Waals surface area contributed by atoms with Gasteiger partial charge in [0.05, 0.1) is 32.9 Å². The van der Waals surface area contributed by atoms with E-state index < -0.39 is 0 Å². The second-order valence-electron chi connectivity index (χ2n) is 27.0. The summed E-state index contributed by atoms with van der Waals surface area (Å²) in [5.41, 5.74) is 14.6. The summed E-state index contributed by atoms with van der Waals surface area (Å²) in [5.74, 6) is 0. The van der Waals surface area contributed by atoms with Gasteiger partial charge in [-0.3, -0.25) is 0 Å². The highest BCUT2D eigenvalue weighted by molar-refractivity contribution is 9.11. The molecule has 0 amide bonds. The molecular formula is C114H85Br3N4. The Balaban J connectivity index is 0.000000150. The third-order valence-electron chi connectivity index (χ3n) is 19.0. The first-order valence-corrected chi connectivity index (χ1v) is 40.9. The van der Waals surface area contributed by atoms with E-state index in [-0.39, 0.29) is 209 Å². The topological polar surface area (TPSA) is 21.8 Å². The second kappa shape index (κ2) is 40.3. The Bertz CT molecular complexity index is 7630. The van der Waals surface area contributed by atoms with Crippen molar-refractivity contribution in [1.82, 2.24) is 0 Å². The summed E-state index contributed by atoms with van der Waals surface area (Å²) in [6.45, 7) is 0. The molecule has 0 aromatic heterocycles. The van der Waals surface area contributed by atoms with Crippen LogP contribution in [0, 0.1) is 0 Å². The Morgan fingerprint density at radius 3 is 0.529 bits per heavy atom. The molecule has 19 rings (SSSR count). The normalized spacial score (nSPS) is 13.4. The number of rotatable bonds is 19. The highest BCUT2D eigenvalue weighted by Gasteiger charge is 2.17. The van der Waals surface area contributed by atoms with Gasteiger partial charge < -0.3 is 20.0 Å². The summed E-state index contributed by atoms with van der Waals surface area (Å²) >= 11 is 9.25. The minimum Gasteiger partial charge on any atom is -0.356 e. The Hall–Kier alpha value is -14.2. The van der Waals surface area contributed by atoms with Crippen LogP contribution in [0.25, 0.3) is 89.0 Å². The molecule has 0 radical (unpaired) electrons. The third-order valence-corrected chi connectivity index (χ3v) is 20.2. The third kappa shape index (κ3) is 21.2. The highest BCUT2D eigenvalue weighted by atomic mass is 79.9. The van der Waals surface area contributed by atoms with Gasteiger partial charge in [0.1, 0.15) is 0 Å². The van der Waals surface area contributed by atoms with E-state index in [1.165, 1.54) is 11.1 Å². The lowest BCUT2D eigenvalue weighted by molar-refractivity contribution is 1.28. The molecule has 582 valence electrons. The van der Waals surface area contributed by atoms with Crippen molar-refractivity contribution >= 4 is 110 Å². The molecule has 121 heavy (non-hydrogen) atoms. The predicted molar refractivity (Wildman–Crippen MR) is 526 cm³/mol. The zero-order valence-electron chi connectivity index (χ0n) is 88.6. The van der Waals surface area contributed by atoms with Gasteiger partial charge in [0, 0.05) is 76.0 Å². The number of benzene rings is 19. The Kier molecular flexibility index (Phi) is 18.7. The predicted octanol–water partition coefficient (Wildman–Crippen LogP) is 34.5. The van der Waals surface area contributed by atoms with Gasteiger partial charge in [-0.1, -0.05) is 387 Å². The average molecular weight is 1770 g/mol. The van der Waals surface area contributed by atoms with Crippen LogP contribution in [-0.2, 0) is 0 Å². The summed E-state index contributed by atoms with van der Waals surface area (Å²) in [7, 11) is 0. The fraction of sp³-hybridized carbons (Fsp3) is 0. The van der Waals surface area contributed by atoms with Crippen LogP contribution in [0.4, 0.5) is 62.6 Å². The minimum atomic E-state index is -0.221. The summed E-state index contributed by atoms with van der Waals surface area (Å²) < 4.78 is 206. The number of para-hydroxylation sites is 6. The van der Waals surface area contributed by atoms with E-state index in [0.29, 0.717) is 67.5 Å².